The van der Waals surface area contributed by atoms with Gasteiger partial charge in [0.15, 0.2) is 0 Å². The summed E-state index contributed by atoms with van der Waals surface area (Å²) in [5, 5.41) is 22.1. The highest BCUT2D eigenvalue weighted by atomic mass is 35.5. The van der Waals surface area contributed by atoms with Crippen molar-refractivity contribution >= 4 is 23.9 Å². The number of ether oxygens (including phenoxy) is 1. The van der Waals surface area contributed by atoms with Crippen molar-refractivity contribution in [2.75, 3.05) is 7.11 Å². The average Bonchev–Trinajstić information content (AvgIpc) is 3.00. The molecule has 2 heterocycles. The smallest absolute Gasteiger partial charge is 0.244 e. The van der Waals surface area contributed by atoms with Crippen LogP contribution in [0.5, 0.6) is 0 Å². The van der Waals surface area contributed by atoms with Crippen LogP contribution in [-0.2, 0) is 11.5 Å². The Balaban J connectivity index is 0.00000180. The normalized spacial score (nSPS) is 10.6. The van der Waals surface area contributed by atoms with Gasteiger partial charge in [0.25, 0.3) is 0 Å². The first-order chi connectivity index (χ1) is 8.70. The Morgan fingerprint density at radius 2 is 2.35 bits per heavy atom. The molecule has 0 aliphatic rings. The lowest BCUT2D eigenvalue weighted by Gasteiger charge is -1.96. The number of methoxy groups -OCH3 is 1. The second-order valence-electron chi connectivity index (χ2n) is 3.32. The number of aliphatic hydroxyl groups excluding tert-OH is 1. The number of rotatable bonds is 5. The summed E-state index contributed by atoms with van der Waals surface area (Å²) in [6, 6.07) is 0. The Labute approximate surface area is 119 Å². The number of carbonyl (C=O) groups is 1. The summed E-state index contributed by atoms with van der Waals surface area (Å²) < 4.78 is 6.49. The number of ketones is 1. The summed E-state index contributed by atoms with van der Waals surface area (Å²) in [6.07, 6.45) is 3.99. The van der Waals surface area contributed by atoms with Crippen LogP contribution in [0.3, 0.4) is 0 Å². The number of allylic oxidation sites excluding steroid dienone is 1. The van der Waals surface area contributed by atoms with Crippen molar-refractivity contribution in [3.8, 4) is 0 Å². The van der Waals surface area contributed by atoms with Gasteiger partial charge in [-0.3, -0.25) is 4.79 Å². The molecule has 0 spiro atoms. The summed E-state index contributed by atoms with van der Waals surface area (Å²) in [4.78, 5) is 15.5. The molecule has 0 saturated heterocycles. The van der Waals surface area contributed by atoms with E-state index in [1.54, 1.807) is 10.8 Å². The quantitative estimate of drug-likeness (QED) is 0.424. The molecule has 4 N–H and O–H groups in total. The van der Waals surface area contributed by atoms with E-state index in [0.717, 1.165) is 6.08 Å². The van der Waals surface area contributed by atoms with E-state index in [2.05, 4.69) is 25.6 Å². The van der Waals surface area contributed by atoms with Crippen molar-refractivity contribution in [3.63, 3.8) is 0 Å². The molecule has 0 radical (unpaired) electrons. The molecule has 0 bridgehead atoms. The van der Waals surface area contributed by atoms with Gasteiger partial charge in [0, 0.05) is 19.4 Å². The van der Waals surface area contributed by atoms with Crippen molar-refractivity contribution in [2.24, 2.45) is 0 Å². The summed E-state index contributed by atoms with van der Waals surface area (Å²) in [5.74, 6) is -0.972. The highest BCUT2D eigenvalue weighted by molar-refractivity contribution is 6.04. The molecule has 2 aromatic rings. The second kappa shape index (κ2) is 7.99. The lowest BCUT2D eigenvalue weighted by molar-refractivity contribution is 0.103. The Kier molecular flexibility index (Phi) is 7.07. The van der Waals surface area contributed by atoms with Crippen LogP contribution in [0.4, 0.5) is 0 Å². The molecule has 0 saturated carbocycles. The van der Waals surface area contributed by atoms with E-state index in [1.165, 1.54) is 13.4 Å². The number of aromatic amines is 1. The fourth-order valence-corrected chi connectivity index (χ4v) is 1.24. The predicted octanol–water partition coefficient (Wildman–Crippen LogP) is -0.621. The zero-order valence-corrected chi connectivity index (χ0v) is 11.2. The van der Waals surface area contributed by atoms with Crippen molar-refractivity contribution < 1.29 is 20.1 Å². The van der Waals surface area contributed by atoms with Crippen LogP contribution in [0.25, 0.3) is 5.76 Å². The molecule has 10 nitrogen and oxygen atoms in total. The van der Waals surface area contributed by atoms with Gasteiger partial charge < -0.3 is 19.9 Å². The zero-order valence-electron chi connectivity index (χ0n) is 10.3. The number of hydrogen-bond donors (Lipinski definition) is 2. The van der Waals surface area contributed by atoms with Gasteiger partial charge in [0.05, 0.1) is 6.33 Å². The minimum Gasteiger partial charge on any atom is -0.505 e. The van der Waals surface area contributed by atoms with E-state index in [4.69, 9.17) is 4.74 Å². The third-order valence-electron chi connectivity index (χ3n) is 2.01. The van der Waals surface area contributed by atoms with Gasteiger partial charge in [-0.2, -0.15) is 5.21 Å². The first kappa shape index (κ1) is 17.7. The fraction of sp³-hybridized carbons (Fsp3) is 0.222. The molecule has 0 aliphatic carbocycles. The SMILES string of the molecule is COCn1cnc(C(O)=CC(=O)c2nn[nH]n2)c1.Cl.O. The molecule has 0 amide bonds. The van der Waals surface area contributed by atoms with E-state index in [9.17, 15) is 9.90 Å². The third kappa shape index (κ3) is 4.12. The van der Waals surface area contributed by atoms with Crippen LogP contribution in [0.2, 0.25) is 0 Å². The molecule has 0 atom stereocenters. The minimum atomic E-state index is -0.567. The molecule has 2 rings (SSSR count). The molecule has 0 unspecified atom stereocenters. The highest BCUT2D eigenvalue weighted by Gasteiger charge is 2.11. The lowest BCUT2D eigenvalue weighted by atomic mass is 10.3. The van der Waals surface area contributed by atoms with Gasteiger partial charge in [0.2, 0.25) is 11.6 Å². The summed E-state index contributed by atoms with van der Waals surface area (Å²) >= 11 is 0. The first-order valence-electron chi connectivity index (χ1n) is 4.90. The van der Waals surface area contributed by atoms with Gasteiger partial charge in [-0.25, -0.2) is 4.98 Å². The number of nitrogens with zero attached hydrogens (tertiary/aromatic N) is 5. The predicted molar refractivity (Wildman–Crippen MR) is 69.2 cm³/mol. The van der Waals surface area contributed by atoms with E-state index in [1.807, 2.05) is 0 Å². The van der Waals surface area contributed by atoms with Crippen LogP contribution < -0.4 is 0 Å². The second-order valence-corrected chi connectivity index (χ2v) is 3.32. The number of halogens is 1. The van der Waals surface area contributed by atoms with E-state index >= 15 is 0 Å². The van der Waals surface area contributed by atoms with Crippen molar-refractivity contribution in [3.05, 3.63) is 30.1 Å². The molecule has 0 aliphatic heterocycles. The molecule has 2 aromatic heterocycles. The van der Waals surface area contributed by atoms with Crippen molar-refractivity contribution in [1.29, 1.82) is 0 Å². The minimum absolute atomic E-state index is 0. The van der Waals surface area contributed by atoms with Crippen LogP contribution in [0.1, 0.15) is 16.3 Å². The van der Waals surface area contributed by atoms with Crippen LogP contribution >= 0.6 is 12.4 Å². The van der Waals surface area contributed by atoms with E-state index < -0.39 is 5.78 Å². The Bertz CT molecular complexity index is 567. The van der Waals surface area contributed by atoms with Gasteiger partial charge in [-0.15, -0.1) is 22.6 Å². The standard InChI is InChI=1S/C9H10N6O3.ClH.H2O/c1-18-5-15-3-6(10-4-15)7(16)2-8(17)9-11-13-14-12-9;;/h2-4,16H,5H2,1H3,(H,11,12,13,14);1H;1H2. The average molecular weight is 305 g/mol. The van der Waals surface area contributed by atoms with E-state index in [0.29, 0.717) is 6.73 Å². The molecule has 20 heavy (non-hydrogen) atoms. The zero-order chi connectivity index (χ0) is 13.0. The number of nitrogens with one attached hydrogen (secondary N) is 1. The van der Waals surface area contributed by atoms with Crippen LogP contribution in [-0.4, -0.2) is 53.7 Å². The summed E-state index contributed by atoms with van der Waals surface area (Å²) in [7, 11) is 1.54. The summed E-state index contributed by atoms with van der Waals surface area (Å²) in [6.45, 7) is 0.305. The monoisotopic (exact) mass is 304 g/mol. The Hall–Kier alpha value is -2.30. The van der Waals surface area contributed by atoms with Gasteiger partial charge in [0.1, 0.15) is 18.2 Å². The van der Waals surface area contributed by atoms with Crippen molar-refractivity contribution in [2.45, 2.75) is 6.73 Å². The highest BCUT2D eigenvalue weighted by Crippen LogP contribution is 2.09. The maximum absolute atomic E-state index is 11.5. The number of hydrogen-bond acceptors (Lipinski definition) is 7. The molecule has 0 fully saturated rings. The molecular weight excluding hydrogens is 292 g/mol. The Morgan fingerprint density at radius 1 is 1.60 bits per heavy atom. The largest absolute Gasteiger partial charge is 0.505 e. The number of imidazole rings is 1. The van der Waals surface area contributed by atoms with E-state index in [-0.39, 0.29) is 35.2 Å². The lowest BCUT2D eigenvalue weighted by Crippen LogP contribution is -2.00. The molecular formula is C9H13ClN6O4. The number of aliphatic hydroxyl groups is 1. The third-order valence-corrected chi connectivity index (χ3v) is 2.01. The van der Waals surface area contributed by atoms with Gasteiger partial charge in [-0.05, 0) is 5.21 Å². The maximum atomic E-state index is 11.5. The van der Waals surface area contributed by atoms with Crippen LogP contribution in [0.15, 0.2) is 18.6 Å². The number of aromatic nitrogens is 6. The maximum Gasteiger partial charge on any atom is 0.244 e. The molecule has 11 heteroatoms. The van der Waals surface area contributed by atoms with Gasteiger partial charge >= 0.3 is 0 Å². The fourth-order valence-electron chi connectivity index (χ4n) is 1.24. The topological polar surface area (TPSA) is 150 Å². The Morgan fingerprint density at radius 3 is 2.95 bits per heavy atom. The van der Waals surface area contributed by atoms with Gasteiger partial charge in [-0.1, -0.05) is 0 Å². The van der Waals surface area contributed by atoms with Crippen molar-refractivity contribution in [1.82, 2.24) is 30.2 Å². The number of carbonyl (C=O) groups excluding carboxylic acids is 1. The number of tetrazole rings is 1. The van der Waals surface area contributed by atoms with Crippen LogP contribution in [0, 0.1) is 0 Å². The molecule has 110 valence electrons. The first-order valence-corrected chi connectivity index (χ1v) is 4.90. The number of H-pyrrole nitrogens is 1. The molecule has 0 aromatic carbocycles. The summed E-state index contributed by atoms with van der Waals surface area (Å²) in [5.41, 5.74) is 0.254.